The maximum absolute atomic E-state index is 11.7. The van der Waals surface area contributed by atoms with Crippen LogP contribution in [0.1, 0.15) is 16.2 Å². The van der Waals surface area contributed by atoms with Crippen molar-refractivity contribution in [3.63, 3.8) is 0 Å². The van der Waals surface area contributed by atoms with E-state index in [-0.39, 0.29) is 0 Å². The fraction of sp³-hybridized carbons (Fsp3) is 0.150. The molecule has 1 heterocycles. The third-order valence-electron chi connectivity index (χ3n) is 3.76. The summed E-state index contributed by atoms with van der Waals surface area (Å²) >= 11 is 0. The second-order valence-electron chi connectivity index (χ2n) is 5.71. The van der Waals surface area contributed by atoms with Gasteiger partial charge in [0.25, 0.3) is 0 Å². The number of hydrogen-bond acceptors (Lipinski definition) is 7. The second-order valence-corrected chi connectivity index (χ2v) is 5.71. The van der Waals surface area contributed by atoms with Crippen molar-refractivity contribution in [2.45, 2.75) is 6.92 Å². The van der Waals surface area contributed by atoms with E-state index in [1.54, 1.807) is 31.4 Å². The number of rotatable bonds is 6. The standard InChI is InChI=1S/C20H20N4O3/c1-13-21-18(23-15-8-6-7-14(11-15)20(25)27-3)12-19(22-13)24-16-9-4-5-10-17(16)26-2/h4-12H,1-3H3,(H2,21,22,23,24). The summed E-state index contributed by atoms with van der Waals surface area (Å²) in [5, 5.41) is 6.43. The summed E-state index contributed by atoms with van der Waals surface area (Å²) in [7, 11) is 2.97. The monoisotopic (exact) mass is 364 g/mol. The largest absolute Gasteiger partial charge is 0.495 e. The van der Waals surface area contributed by atoms with E-state index in [0.717, 1.165) is 11.4 Å². The number of carbonyl (C=O) groups excluding carboxylic acids is 1. The number of carbonyl (C=O) groups is 1. The molecule has 27 heavy (non-hydrogen) atoms. The molecule has 0 fully saturated rings. The van der Waals surface area contributed by atoms with E-state index in [4.69, 9.17) is 9.47 Å². The summed E-state index contributed by atoms with van der Waals surface area (Å²) in [6.07, 6.45) is 0. The molecule has 1 aromatic heterocycles. The Balaban J connectivity index is 1.84. The van der Waals surface area contributed by atoms with Crippen molar-refractivity contribution in [1.29, 1.82) is 0 Å². The highest BCUT2D eigenvalue weighted by Crippen LogP contribution is 2.27. The number of aryl methyl sites for hydroxylation is 1. The van der Waals surface area contributed by atoms with E-state index in [9.17, 15) is 4.79 Å². The molecule has 0 atom stereocenters. The van der Waals surface area contributed by atoms with Crippen LogP contribution in [0.15, 0.2) is 54.6 Å². The number of methoxy groups -OCH3 is 2. The van der Waals surface area contributed by atoms with Gasteiger partial charge in [0.2, 0.25) is 0 Å². The molecule has 0 radical (unpaired) electrons. The fourth-order valence-corrected chi connectivity index (χ4v) is 2.57. The lowest BCUT2D eigenvalue weighted by atomic mass is 10.2. The Morgan fingerprint density at radius 1 is 0.926 bits per heavy atom. The third-order valence-corrected chi connectivity index (χ3v) is 3.76. The number of aromatic nitrogens is 2. The van der Waals surface area contributed by atoms with Gasteiger partial charge in [0.1, 0.15) is 23.2 Å². The number of para-hydroxylation sites is 2. The van der Waals surface area contributed by atoms with Crippen LogP contribution >= 0.6 is 0 Å². The molecule has 2 N–H and O–H groups in total. The fourth-order valence-electron chi connectivity index (χ4n) is 2.57. The normalized spacial score (nSPS) is 10.2. The predicted octanol–water partition coefficient (Wildman–Crippen LogP) is 4.07. The first-order valence-corrected chi connectivity index (χ1v) is 8.30. The Hall–Kier alpha value is -3.61. The van der Waals surface area contributed by atoms with Crippen LogP contribution in [0.3, 0.4) is 0 Å². The van der Waals surface area contributed by atoms with E-state index < -0.39 is 5.97 Å². The maximum atomic E-state index is 11.7. The lowest BCUT2D eigenvalue weighted by Crippen LogP contribution is -2.04. The molecular formula is C20H20N4O3. The minimum atomic E-state index is -0.393. The molecule has 0 saturated heterocycles. The van der Waals surface area contributed by atoms with Crippen LogP contribution in [0, 0.1) is 6.92 Å². The topological polar surface area (TPSA) is 85.4 Å². The Bertz CT molecular complexity index is 959. The molecule has 0 amide bonds. The highest BCUT2D eigenvalue weighted by molar-refractivity contribution is 5.90. The molecule has 2 aromatic carbocycles. The summed E-state index contributed by atoms with van der Waals surface area (Å²) in [5.74, 6) is 2.15. The molecule has 0 aliphatic heterocycles. The summed E-state index contributed by atoms with van der Waals surface area (Å²) in [5.41, 5.74) is 1.98. The SMILES string of the molecule is COC(=O)c1cccc(Nc2cc(Nc3ccccc3OC)nc(C)n2)c1. The van der Waals surface area contributed by atoms with Gasteiger partial charge in [-0.15, -0.1) is 0 Å². The molecule has 3 aromatic rings. The van der Waals surface area contributed by atoms with Gasteiger partial charge in [-0.25, -0.2) is 14.8 Å². The molecule has 0 spiro atoms. The van der Waals surface area contributed by atoms with Crippen molar-refractivity contribution in [2.24, 2.45) is 0 Å². The Morgan fingerprint density at radius 3 is 2.41 bits per heavy atom. The number of esters is 1. The Labute approximate surface area is 157 Å². The van der Waals surface area contributed by atoms with Gasteiger partial charge in [0.15, 0.2) is 0 Å². The van der Waals surface area contributed by atoms with Gasteiger partial charge in [0.05, 0.1) is 25.5 Å². The van der Waals surface area contributed by atoms with Crippen LogP contribution in [0.25, 0.3) is 0 Å². The lowest BCUT2D eigenvalue weighted by Gasteiger charge is -2.13. The van der Waals surface area contributed by atoms with Gasteiger partial charge in [-0.05, 0) is 37.3 Å². The van der Waals surface area contributed by atoms with Crippen LogP contribution in [0.5, 0.6) is 5.75 Å². The Morgan fingerprint density at radius 2 is 1.67 bits per heavy atom. The van der Waals surface area contributed by atoms with Crippen LogP contribution < -0.4 is 15.4 Å². The summed E-state index contributed by atoms with van der Waals surface area (Å²) in [6.45, 7) is 1.81. The average Bonchev–Trinajstić information content (AvgIpc) is 2.67. The highest BCUT2D eigenvalue weighted by atomic mass is 16.5. The molecule has 7 heteroatoms. The van der Waals surface area contributed by atoms with Gasteiger partial charge in [-0.3, -0.25) is 0 Å². The molecule has 138 valence electrons. The smallest absolute Gasteiger partial charge is 0.337 e. The molecule has 0 saturated carbocycles. The first-order valence-electron chi connectivity index (χ1n) is 8.30. The number of nitrogens with one attached hydrogen (secondary N) is 2. The highest BCUT2D eigenvalue weighted by Gasteiger charge is 2.08. The van der Waals surface area contributed by atoms with Gasteiger partial charge >= 0.3 is 5.97 Å². The summed E-state index contributed by atoms with van der Waals surface area (Å²) in [6, 6.07) is 16.4. The minimum Gasteiger partial charge on any atom is -0.495 e. The average molecular weight is 364 g/mol. The number of ether oxygens (including phenoxy) is 2. The Kier molecular flexibility index (Phi) is 5.51. The van der Waals surface area contributed by atoms with E-state index in [0.29, 0.717) is 28.8 Å². The molecular weight excluding hydrogens is 344 g/mol. The number of nitrogens with zero attached hydrogens (tertiary/aromatic N) is 2. The molecule has 7 nitrogen and oxygen atoms in total. The van der Waals surface area contributed by atoms with Crippen LogP contribution in [-0.4, -0.2) is 30.2 Å². The second kappa shape index (κ2) is 8.18. The van der Waals surface area contributed by atoms with Gasteiger partial charge in [0, 0.05) is 11.8 Å². The van der Waals surface area contributed by atoms with E-state index in [1.165, 1.54) is 7.11 Å². The zero-order chi connectivity index (χ0) is 19.2. The van der Waals surface area contributed by atoms with E-state index in [2.05, 4.69) is 20.6 Å². The number of anilines is 4. The summed E-state index contributed by atoms with van der Waals surface area (Å²) in [4.78, 5) is 20.5. The van der Waals surface area contributed by atoms with Crippen LogP contribution in [0.4, 0.5) is 23.0 Å². The first kappa shape index (κ1) is 18.2. The van der Waals surface area contributed by atoms with Crippen molar-refractivity contribution in [3.05, 3.63) is 66.0 Å². The van der Waals surface area contributed by atoms with Crippen LogP contribution in [-0.2, 0) is 4.74 Å². The van der Waals surface area contributed by atoms with Gasteiger partial charge < -0.3 is 20.1 Å². The van der Waals surface area contributed by atoms with Crippen molar-refractivity contribution in [2.75, 3.05) is 24.9 Å². The first-order chi connectivity index (χ1) is 13.1. The van der Waals surface area contributed by atoms with Gasteiger partial charge in [-0.2, -0.15) is 0 Å². The van der Waals surface area contributed by atoms with Crippen molar-refractivity contribution in [3.8, 4) is 5.75 Å². The van der Waals surface area contributed by atoms with Crippen molar-refractivity contribution >= 4 is 29.0 Å². The van der Waals surface area contributed by atoms with Gasteiger partial charge in [-0.1, -0.05) is 18.2 Å². The molecule has 0 bridgehead atoms. The van der Waals surface area contributed by atoms with Crippen LogP contribution in [0.2, 0.25) is 0 Å². The number of benzene rings is 2. The third kappa shape index (κ3) is 4.52. The maximum Gasteiger partial charge on any atom is 0.337 e. The zero-order valence-electron chi connectivity index (χ0n) is 15.3. The molecule has 3 rings (SSSR count). The summed E-state index contributed by atoms with van der Waals surface area (Å²) < 4.78 is 10.1. The molecule has 0 aliphatic rings. The predicted molar refractivity (Wildman–Crippen MR) is 104 cm³/mol. The minimum absolute atomic E-state index is 0.393. The van der Waals surface area contributed by atoms with E-state index >= 15 is 0 Å². The lowest BCUT2D eigenvalue weighted by molar-refractivity contribution is 0.0601. The zero-order valence-corrected chi connectivity index (χ0v) is 15.3. The van der Waals surface area contributed by atoms with Crippen molar-refractivity contribution in [1.82, 2.24) is 9.97 Å². The number of hydrogen-bond donors (Lipinski definition) is 2. The molecule has 0 aliphatic carbocycles. The van der Waals surface area contributed by atoms with Crippen molar-refractivity contribution < 1.29 is 14.3 Å². The van der Waals surface area contributed by atoms with E-state index in [1.807, 2.05) is 37.3 Å². The molecule has 0 unspecified atom stereocenters. The quantitative estimate of drug-likeness (QED) is 0.638.